The van der Waals surface area contributed by atoms with Crippen molar-refractivity contribution in [3.05, 3.63) is 24.3 Å². The van der Waals surface area contributed by atoms with E-state index in [0.717, 1.165) is 0 Å². The second-order valence-corrected chi connectivity index (χ2v) is 0.806. The van der Waals surface area contributed by atoms with Gasteiger partial charge in [0.2, 0.25) is 0 Å². The van der Waals surface area contributed by atoms with Crippen LogP contribution in [0.5, 0.6) is 0 Å². The van der Waals surface area contributed by atoms with Crippen molar-refractivity contribution in [2.24, 2.45) is 0 Å². The summed E-state index contributed by atoms with van der Waals surface area (Å²) in [7, 11) is 0. The van der Waals surface area contributed by atoms with E-state index in [1.54, 1.807) is 12.2 Å². The van der Waals surface area contributed by atoms with Crippen LogP contribution in [0.1, 0.15) is 0 Å². The van der Waals surface area contributed by atoms with E-state index in [1.807, 2.05) is 0 Å². The summed E-state index contributed by atoms with van der Waals surface area (Å²) in [5.74, 6) is 0. The van der Waals surface area contributed by atoms with Crippen LogP contribution in [-0.2, 0) is 0 Å². The summed E-state index contributed by atoms with van der Waals surface area (Å²) in [5.41, 5.74) is 1.41. The summed E-state index contributed by atoms with van der Waals surface area (Å²) in [4.78, 5) is 0. The molecule has 0 atom stereocenters. The number of rotatable bonds is 1. The Morgan fingerprint density at radius 3 is 2.20 bits per heavy atom. The molecule has 0 aliphatic rings. The number of halogens is 1. The molecule has 0 fully saturated rings. The third-order valence-corrected chi connectivity index (χ3v) is 0.354. The lowest BCUT2D eigenvalue weighted by Crippen LogP contribution is -1.29. The molecule has 0 aromatic rings. The molecule has 0 radical (unpaired) electrons. The minimum Gasteiger partial charge on any atom is -0.0990 e. The lowest BCUT2D eigenvalue weighted by atomic mass is 10.6. The number of hydrogen-bond acceptors (Lipinski definition) is 0. The van der Waals surface area contributed by atoms with Crippen LogP contribution >= 0.6 is 11.6 Å². The zero-order valence-electron chi connectivity index (χ0n) is 2.82. The van der Waals surface area contributed by atoms with Crippen LogP contribution in [-0.4, -0.2) is 0 Å². The highest BCUT2D eigenvalue weighted by molar-refractivity contribution is 6.25. The molecular formula is C4H5Cl. The number of allylic oxidation sites excluding steroid dienone is 2. The molecule has 0 heterocycles. The average molecular weight is 88.5 g/mol. The van der Waals surface area contributed by atoms with Crippen molar-refractivity contribution in [3.63, 3.8) is 0 Å². The van der Waals surface area contributed by atoms with E-state index in [2.05, 4.69) is 6.58 Å². The van der Waals surface area contributed by atoms with Gasteiger partial charge in [0, 0.05) is 5.54 Å². The molecule has 0 aliphatic heterocycles. The predicted molar refractivity (Wildman–Crippen MR) is 25.2 cm³/mol. The third-order valence-electron chi connectivity index (χ3n) is 0.209. The van der Waals surface area contributed by atoms with Crippen molar-refractivity contribution in [1.82, 2.24) is 0 Å². The monoisotopic (exact) mass is 88.0 g/mol. The van der Waals surface area contributed by atoms with Gasteiger partial charge >= 0.3 is 0 Å². The third kappa shape index (κ3) is 3.77. The molecule has 0 aromatic heterocycles. The van der Waals surface area contributed by atoms with Crippen molar-refractivity contribution in [3.8, 4) is 0 Å². The van der Waals surface area contributed by atoms with E-state index in [4.69, 9.17) is 11.6 Å². The second-order valence-electron chi connectivity index (χ2n) is 0.554. The Morgan fingerprint density at radius 2 is 2.20 bits per heavy atom. The normalized spacial score (nSPS) is 9.00. The Labute approximate surface area is 36.8 Å². The van der Waals surface area contributed by atoms with Gasteiger partial charge in [-0.2, -0.15) is 0 Å². The zero-order chi connectivity index (χ0) is 4.12. The molecule has 5 heavy (non-hydrogen) atoms. The predicted octanol–water partition coefficient (Wildman–Crippen LogP) is 1.92. The maximum absolute atomic E-state index is 5.05. The van der Waals surface area contributed by atoms with Crippen LogP contribution in [0.2, 0.25) is 0 Å². The van der Waals surface area contributed by atoms with E-state index < -0.39 is 0 Å². The highest BCUT2D eigenvalue weighted by atomic mass is 35.5. The van der Waals surface area contributed by atoms with E-state index in [-0.39, 0.29) is 0 Å². The van der Waals surface area contributed by atoms with Gasteiger partial charge in [-0.05, 0) is 0 Å². The van der Waals surface area contributed by atoms with Crippen LogP contribution < -0.4 is 0 Å². The molecule has 0 bridgehead atoms. The van der Waals surface area contributed by atoms with Gasteiger partial charge in [-0.25, -0.2) is 0 Å². The fraction of sp³-hybridized carbons (Fsp3) is 0. The van der Waals surface area contributed by atoms with Crippen molar-refractivity contribution < 1.29 is 0 Å². The van der Waals surface area contributed by atoms with Crippen molar-refractivity contribution >= 4 is 11.6 Å². The van der Waals surface area contributed by atoms with Gasteiger partial charge in [0.05, 0.1) is 0 Å². The summed E-state index contributed by atoms with van der Waals surface area (Å²) >= 11 is 5.05. The molecule has 0 aliphatic carbocycles. The quantitative estimate of drug-likeness (QED) is 0.430. The second kappa shape index (κ2) is 3.77. The molecule has 0 unspecified atom stereocenters. The zero-order valence-corrected chi connectivity index (χ0v) is 3.57. The smallest absolute Gasteiger partial charge is 0.00422 e. The largest absolute Gasteiger partial charge is 0.0990 e. The first kappa shape index (κ1) is 4.77. The first-order valence-corrected chi connectivity index (χ1v) is 1.73. The first-order chi connectivity index (χ1) is 2.41. The SMILES string of the molecule is C=CC=CCl. The Hall–Kier alpha value is -0.230. The Morgan fingerprint density at radius 1 is 1.60 bits per heavy atom. The van der Waals surface area contributed by atoms with Gasteiger partial charge in [-0.1, -0.05) is 30.3 Å². The van der Waals surface area contributed by atoms with Gasteiger partial charge in [0.1, 0.15) is 0 Å². The molecule has 0 saturated carbocycles. The summed E-state index contributed by atoms with van der Waals surface area (Å²) < 4.78 is 0. The van der Waals surface area contributed by atoms with Gasteiger partial charge < -0.3 is 0 Å². The van der Waals surface area contributed by atoms with Gasteiger partial charge in [-0.15, -0.1) is 0 Å². The van der Waals surface area contributed by atoms with Crippen LogP contribution in [0.25, 0.3) is 0 Å². The molecule has 0 N–H and O–H groups in total. The Balaban J connectivity index is 2.92. The van der Waals surface area contributed by atoms with Crippen molar-refractivity contribution in [1.29, 1.82) is 0 Å². The Kier molecular flexibility index (Phi) is 3.60. The van der Waals surface area contributed by atoms with E-state index >= 15 is 0 Å². The van der Waals surface area contributed by atoms with Crippen LogP contribution in [0, 0.1) is 0 Å². The topological polar surface area (TPSA) is 0 Å². The maximum Gasteiger partial charge on any atom is 0.00422 e. The average Bonchev–Trinajstić information content (AvgIpc) is 1.41. The molecule has 0 nitrogen and oxygen atoms in total. The molecule has 0 rings (SSSR count). The minimum atomic E-state index is 1.41. The van der Waals surface area contributed by atoms with Crippen molar-refractivity contribution in [2.75, 3.05) is 0 Å². The summed E-state index contributed by atoms with van der Waals surface area (Å²) in [6.45, 7) is 3.38. The number of hydrogen-bond donors (Lipinski definition) is 0. The lowest BCUT2D eigenvalue weighted by molar-refractivity contribution is 2.11. The molecular weight excluding hydrogens is 83.5 g/mol. The van der Waals surface area contributed by atoms with Gasteiger partial charge in [0.25, 0.3) is 0 Å². The molecule has 1 heteroatoms. The van der Waals surface area contributed by atoms with Crippen LogP contribution in [0.3, 0.4) is 0 Å². The highest BCUT2D eigenvalue weighted by Crippen LogP contribution is 1.74. The van der Waals surface area contributed by atoms with E-state index in [0.29, 0.717) is 0 Å². The van der Waals surface area contributed by atoms with Crippen LogP contribution in [0.15, 0.2) is 24.3 Å². The summed E-state index contributed by atoms with van der Waals surface area (Å²) in [6, 6.07) is 0. The van der Waals surface area contributed by atoms with Gasteiger partial charge in [-0.3, -0.25) is 0 Å². The standard InChI is InChI=1S/C4H5Cl/c1-2-3-4-5/h2-4H,1H2. The van der Waals surface area contributed by atoms with Crippen LogP contribution in [0.4, 0.5) is 0 Å². The fourth-order valence-corrected chi connectivity index (χ4v) is 0.154. The first-order valence-electron chi connectivity index (χ1n) is 1.29. The van der Waals surface area contributed by atoms with E-state index in [1.165, 1.54) is 5.54 Å². The molecule has 0 aromatic carbocycles. The minimum absolute atomic E-state index is 1.41. The molecule has 0 saturated heterocycles. The summed E-state index contributed by atoms with van der Waals surface area (Å²) in [6.07, 6.45) is 3.27. The molecule has 0 spiro atoms. The maximum atomic E-state index is 5.05. The molecule has 28 valence electrons. The molecule has 0 amide bonds. The summed E-state index contributed by atoms with van der Waals surface area (Å²) in [5, 5.41) is 0. The Bertz CT molecular complexity index is 45.6. The van der Waals surface area contributed by atoms with Crippen molar-refractivity contribution in [2.45, 2.75) is 0 Å². The highest BCUT2D eigenvalue weighted by Gasteiger charge is 1.44. The van der Waals surface area contributed by atoms with E-state index in [9.17, 15) is 0 Å². The van der Waals surface area contributed by atoms with Gasteiger partial charge in [0.15, 0.2) is 0 Å². The lowest BCUT2D eigenvalue weighted by Gasteiger charge is -1.53. The fourth-order valence-electron chi connectivity index (χ4n) is 0.0514.